The van der Waals surface area contributed by atoms with Gasteiger partial charge in [0.05, 0.1) is 23.9 Å². The number of benzene rings is 2. The molecule has 0 bridgehead atoms. The van der Waals surface area contributed by atoms with Crippen LogP contribution in [0.15, 0.2) is 59.4 Å². The summed E-state index contributed by atoms with van der Waals surface area (Å²) in [7, 11) is 1.47. The van der Waals surface area contributed by atoms with Crippen molar-refractivity contribution in [3.05, 3.63) is 75.4 Å². The maximum atomic E-state index is 13.7. The molecule has 1 aliphatic heterocycles. The second-order valence-electron chi connectivity index (χ2n) is 8.44. The smallest absolute Gasteiger partial charge is 0.265 e. The third-order valence-electron chi connectivity index (χ3n) is 6.28. The number of carbonyl (C=O) groups excluding carboxylic acids is 2. The van der Waals surface area contributed by atoms with Crippen molar-refractivity contribution >= 4 is 44.0 Å². The first-order valence-corrected chi connectivity index (χ1v) is 12.1. The van der Waals surface area contributed by atoms with Crippen LogP contribution in [0, 0.1) is 5.92 Å². The number of Topliss-reactive ketones (excluding diaryl/α,β-unsaturated/α-hetero) is 1. The van der Waals surface area contributed by atoms with Gasteiger partial charge in [0.15, 0.2) is 11.5 Å². The highest BCUT2D eigenvalue weighted by Crippen LogP contribution is 2.39. The molecule has 5 rings (SSSR count). The Morgan fingerprint density at radius 1 is 1.15 bits per heavy atom. The molecule has 0 radical (unpaired) electrons. The molecule has 3 heterocycles. The third kappa shape index (κ3) is 3.99. The first-order valence-electron chi connectivity index (χ1n) is 11.3. The van der Waals surface area contributed by atoms with Crippen LogP contribution in [0.2, 0.25) is 0 Å². The van der Waals surface area contributed by atoms with Gasteiger partial charge in [-0.1, -0.05) is 48.5 Å². The SMILES string of the molecule is COc1c(C(=O)NCC2CCNC2)sc2c1c(=O)n(CC(=O)c1ccccc1)c1ccccc21. The number of ketones is 1. The Morgan fingerprint density at radius 3 is 2.65 bits per heavy atom. The third-order valence-corrected chi connectivity index (χ3v) is 7.49. The van der Waals surface area contributed by atoms with Gasteiger partial charge in [-0.05, 0) is 31.5 Å². The van der Waals surface area contributed by atoms with Crippen molar-refractivity contribution in [3.8, 4) is 5.75 Å². The molecule has 1 aliphatic rings. The Hall–Kier alpha value is -3.49. The van der Waals surface area contributed by atoms with Gasteiger partial charge in [-0.3, -0.25) is 19.0 Å². The van der Waals surface area contributed by atoms with Crippen molar-refractivity contribution in [2.75, 3.05) is 26.7 Å². The molecule has 2 aromatic carbocycles. The van der Waals surface area contributed by atoms with Gasteiger partial charge in [-0.15, -0.1) is 11.3 Å². The van der Waals surface area contributed by atoms with Crippen LogP contribution in [0.5, 0.6) is 5.75 Å². The van der Waals surface area contributed by atoms with Gasteiger partial charge in [-0.2, -0.15) is 0 Å². The van der Waals surface area contributed by atoms with Gasteiger partial charge in [0.25, 0.3) is 11.5 Å². The van der Waals surface area contributed by atoms with E-state index < -0.39 is 0 Å². The minimum Gasteiger partial charge on any atom is -0.494 e. The highest BCUT2D eigenvalue weighted by Gasteiger charge is 2.26. The Balaban J connectivity index is 1.61. The van der Waals surface area contributed by atoms with E-state index in [1.807, 2.05) is 30.3 Å². The lowest BCUT2D eigenvalue weighted by Gasteiger charge is -2.12. The average Bonchev–Trinajstić information content (AvgIpc) is 3.53. The van der Waals surface area contributed by atoms with Crippen molar-refractivity contribution in [1.82, 2.24) is 15.2 Å². The van der Waals surface area contributed by atoms with Gasteiger partial charge in [0.1, 0.15) is 10.3 Å². The number of hydrogen-bond donors (Lipinski definition) is 2. The molecular formula is C26H25N3O4S. The second-order valence-corrected chi connectivity index (χ2v) is 9.46. The van der Waals surface area contributed by atoms with Crippen LogP contribution in [0.25, 0.3) is 21.0 Å². The number of carbonyl (C=O) groups is 2. The summed E-state index contributed by atoms with van der Waals surface area (Å²) in [6, 6.07) is 16.4. The van der Waals surface area contributed by atoms with Gasteiger partial charge in [0, 0.05) is 17.5 Å². The zero-order valence-electron chi connectivity index (χ0n) is 18.8. The van der Waals surface area contributed by atoms with E-state index in [2.05, 4.69) is 10.6 Å². The predicted molar refractivity (Wildman–Crippen MR) is 134 cm³/mol. The van der Waals surface area contributed by atoms with Gasteiger partial charge in [0.2, 0.25) is 0 Å². The van der Waals surface area contributed by atoms with Crippen LogP contribution >= 0.6 is 11.3 Å². The fraction of sp³-hybridized carbons (Fsp3) is 0.269. The number of amides is 1. The van der Waals surface area contributed by atoms with E-state index in [0.717, 1.165) is 24.9 Å². The number of methoxy groups -OCH3 is 1. The number of ether oxygens (including phenoxy) is 1. The summed E-state index contributed by atoms with van der Waals surface area (Å²) in [5.41, 5.74) is 0.847. The molecule has 1 atom stereocenters. The number of hydrogen-bond acceptors (Lipinski definition) is 6. The van der Waals surface area contributed by atoms with Crippen LogP contribution in [-0.4, -0.2) is 43.0 Å². The molecule has 1 amide bonds. The number of nitrogens with zero attached hydrogens (tertiary/aromatic N) is 1. The van der Waals surface area contributed by atoms with Crippen LogP contribution in [0.4, 0.5) is 0 Å². The van der Waals surface area contributed by atoms with Gasteiger partial charge in [-0.25, -0.2) is 0 Å². The summed E-state index contributed by atoms with van der Waals surface area (Å²) in [6.45, 7) is 2.31. The van der Waals surface area contributed by atoms with E-state index in [1.54, 1.807) is 24.3 Å². The molecule has 8 heteroatoms. The fourth-order valence-corrected chi connectivity index (χ4v) is 5.72. The molecule has 1 unspecified atom stereocenters. The zero-order chi connectivity index (χ0) is 23.7. The normalized spacial score (nSPS) is 15.6. The summed E-state index contributed by atoms with van der Waals surface area (Å²) in [6.07, 6.45) is 1.02. The molecule has 2 N–H and O–H groups in total. The average molecular weight is 476 g/mol. The maximum Gasteiger partial charge on any atom is 0.265 e. The number of para-hydroxylation sites is 1. The lowest BCUT2D eigenvalue weighted by Crippen LogP contribution is -2.30. The molecule has 7 nitrogen and oxygen atoms in total. The number of aromatic nitrogens is 1. The van der Waals surface area contributed by atoms with Crippen LogP contribution in [0.1, 0.15) is 26.5 Å². The minimum absolute atomic E-state index is 0.103. The topological polar surface area (TPSA) is 89.4 Å². The Bertz CT molecular complexity index is 1440. The molecule has 34 heavy (non-hydrogen) atoms. The summed E-state index contributed by atoms with van der Waals surface area (Å²) < 4.78 is 7.77. The van der Waals surface area contributed by atoms with Gasteiger partial charge >= 0.3 is 0 Å². The molecular weight excluding hydrogens is 450 g/mol. The number of thiophene rings is 1. The quantitative estimate of drug-likeness (QED) is 0.400. The van der Waals surface area contributed by atoms with E-state index in [0.29, 0.717) is 38.5 Å². The Labute approximate surface area is 200 Å². The van der Waals surface area contributed by atoms with E-state index in [-0.39, 0.29) is 29.5 Å². The lowest BCUT2D eigenvalue weighted by molar-refractivity contribution is 0.0946. The summed E-state index contributed by atoms with van der Waals surface area (Å²) in [4.78, 5) is 40.1. The van der Waals surface area contributed by atoms with Crippen molar-refractivity contribution in [2.24, 2.45) is 5.92 Å². The van der Waals surface area contributed by atoms with Crippen molar-refractivity contribution in [2.45, 2.75) is 13.0 Å². The molecule has 1 fully saturated rings. The van der Waals surface area contributed by atoms with Crippen molar-refractivity contribution < 1.29 is 14.3 Å². The van der Waals surface area contributed by atoms with E-state index in [1.165, 1.54) is 23.0 Å². The molecule has 4 aromatic rings. The predicted octanol–water partition coefficient (Wildman–Crippen LogP) is 3.45. The molecule has 1 saturated heterocycles. The lowest BCUT2D eigenvalue weighted by atomic mass is 10.1. The van der Waals surface area contributed by atoms with E-state index >= 15 is 0 Å². The summed E-state index contributed by atoms with van der Waals surface area (Å²) >= 11 is 1.26. The first-order chi connectivity index (χ1) is 16.6. The number of rotatable bonds is 7. The van der Waals surface area contributed by atoms with Crippen LogP contribution in [-0.2, 0) is 6.54 Å². The summed E-state index contributed by atoms with van der Waals surface area (Å²) in [5.74, 6) is 0.245. The van der Waals surface area contributed by atoms with E-state index in [9.17, 15) is 14.4 Å². The first kappa shape index (κ1) is 22.3. The Morgan fingerprint density at radius 2 is 1.91 bits per heavy atom. The number of nitrogens with one attached hydrogen (secondary N) is 2. The molecule has 0 spiro atoms. The highest BCUT2D eigenvalue weighted by atomic mass is 32.1. The van der Waals surface area contributed by atoms with Crippen LogP contribution in [0.3, 0.4) is 0 Å². The maximum absolute atomic E-state index is 13.7. The molecule has 174 valence electrons. The molecule has 0 aliphatic carbocycles. The summed E-state index contributed by atoms with van der Waals surface area (Å²) in [5, 5.41) is 7.44. The van der Waals surface area contributed by atoms with E-state index in [4.69, 9.17) is 4.74 Å². The van der Waals surface area contributed by atoms with Crippen LogP contribution < -0.4 is 20.9 Å². The minimum atomic E-state index is -0.342. The highest BCUT2D eigenvalue weighted by molar-refractivity contribution is 7.22. The number of pyridine rings is 1. The Kier molecular flexibility index (Phi) is 6.17. The zero-order valence-corrected chi connectivity index (χ0v) is 19.6. The molecule has 0 saturated carbocycles. The monoisotopic (exact) mass is 475 g/mol. The standard InChI is InChI=1S/C26H25N3O4S/c1-33-22-21-23(34-24(22)25(31)28-14-16-11-12-27-13-16)18-9-5-6-10-19(18)29(26(21)32)15-20(30)17-7-3-2-4-8-17/h2-10,16,27H,11-15H2,1H3,(H,28,31). The van der Waals surface area contributed by atoms with Crippen molar-refractivity contribution in [1.29, 1.82) is 0 Å². The fourth-order valence-electron chi connectivity index (χ4n) is 4.51. The van der Waals surface area contributed by atoms with Gasteiger partial charge < -0.3 is 15.4 Å². The largest absolute Gasteiger partial charge is 0.494 e. The second kappa shape index (κ2) is 9.40. The van der Waals surface area contributed by atoms with Crippen molar-refractivity contribution in [3.63, 3.8) is 0 Å². The molecule has 2 aromatic heterocycles. The number of fused-ring (bicyclic) bond motifs is 3.